The molecule has 3 aromatic rings. The fraction of sp³-hybridized carbons (Fsp3) is 0.211. The van der Waals surface area contributed by atoms with Gasteiger partial charge in [0.1, 0.15) is 17.4 Å². The van der Waals surface area contributed by atoms with Gasteiger partial charge in [0.25, 0.3) is 5.91 Å². The van der Waals surface area contributed by atoms with Gasteiger partial charge in [-0.2, -0.15) is 0 Å². The summed E-state index contributed by atoms with van der Waals surface area (Å²) in [5.41, 5.74) is 1.52. The lowest BCUT2D eigenvalue weighted by atomic mass is 10.2. The smallest absolute Gasteiger partial charge is 0.254 e. The van der Waals surface area contributed by atoms with Gasteiger partial charge in [0, 0.05) is 42.5 Å². The van der Waals surface area contributed by atoms with Crippen molar-refractivity contribution >= 4 is 16.8 Å². The molecule has 5 nitrogen and oxygen atoms in total. The van der Waals surface area contributed by atoms with Crippen molar-refractivity contribution in [2.24, 2.45) is 0 Å². The Balaban J connectivity index is 1.48. The minimum Gasteiger partial charge on any atom is -0.486 e. The summed E-state index contributed by atoms with van der Waals surface area (Å²) < 4.78 is 6.14. The minimum absolute atomic E-state index is 0.0107. The third kappa shape index (κ3) is 2.80. The molecule has 1 aromatic carbocycles. The average Bonchev–Trinajstić information content (AvgIpc) is 3.11. The van der Waals surface area contributed by atoms with Gasteiger partial charge >= 0.3 is 0 Å². The summed E-state index contributed by atoms with van der Waals surface area (Å²) in [5.74, 6) is 0.802. The van der Waals surface area contributed by atoms with Crippen molar-refractivity contribution in [1.29, 1.82) is 0 Å². The first-order valence-electron chi connectivity index (χ1n) is 8.01. The van der Waals surface area contributed by atoms with Gasteiger partial charge in [-0.05, 0) is 24.3 Å². The highest BCUT2D eigenvalue weighted by molar-refractivity contribution is 5.94. The normalized spacial score (nSPS) is 17.2. The number of pyridine rings is 2. The third-order valence-electron chi connectivity index (χ3n) is 4.25. The fourth-order valence-corrected chi connectivity index (χ4v) is 3.04. The largest absolute Gasteiger partial charge is 0.486 e. The summed E-state index contributed by atoms with van der Waals surface area (Å²) in [6.07, 6.45) is 5.85. The summed E-state index contributed by atoms with van der Waals surface area (Å²) >= 11 is 0. The molecule has 1 fully saturated rings. The number of nitrogens with zero attached hydrogens (tertiary/aromatic N) is 3. The van der Waals surface area contributed by atoms with Gasteiger partial charge < -0.3 is 9.64 Å². The zero-order chi connectivity index (χ0) is 16.4. The molecule has 1 atom stereocenters. The summed E-state index contributed by atoms with van der Waals surface area (Å²) in [6.45, 7) is 1.29. The lowest BCUT2D eigenvalue weighted by molar-refractivity contribution is 0.0772. The number of rotatable bonds is 3. The van der Waals surface area contributed by atoms with E-state index in [2.05, 4.69) is 9.97 Å². The first-order valence-corrected chi connectivity index (χ1v) is 8.01. The zero-order valence-corrected chi connectivity index (χ0v) is 13.1. The standard InChI is InChI=1S/C19H17N3O2/c23-19(15-6-10-20-11-7-15)22-12-8-16(13-22)24-17-5-1-3-14-4-2-9-21-18(14)17/h1-7,9-11,16H,8,12-13H2. The molecular formula is C19H17N3O2. The second-order valence-electron chi connectivity index (χ2n) is 5.85. The summed E-state index contributed by atoms with van der Waals surface area (Å²) in [7, 11) is 0. The van der Waals surface area contributed by atoms with Crippen LogP contribution in [0, 0.1) is 0 Å². The number of aromatic nitrogens is 2. The Morgan fingerprint density at radius 3 is 2.79 bits per heavy atom. The molecule has 1 aliphatic heterocycles. The number of hydrogen-bond acceptors (Lipinski definition) is 4. The molecule has 120 valence electrons. The number of hydrogen-bond donors (Lipinski definition) is 0. The van der Waals surface area contributed by atoms with Crippen molar-refractivity contribution < 1.29 is 9.53 Å². The Hall–Kier alpha value is -2.95. The molecule has 4 rings (SSSR count). The van der Waals surface area contributed by atoms with Crippen molar-refractivity contribution in [3.8, 4) is 5.75 Å². The lowest BCUT2D eigenvalue weighted by Crippen LogP contribution is -2.30. The summed E-state index contributed by atoms with van der Waals surface area (Å²) in [5, 5.41) is 1.05. The Labute approximate surface area is 139 Å². The van der Waals surface area contributed by atoms with Crippen molar-refractivity contribution in [1.82, 2.24) is 14.9 Å². The van der Waals surface area contributed by atoms with Gasteiger partial charge in [0.2, 0.25) is 0 Å². The van der Waals surface area contributed by atoms with Gasteiger partial charge in [-0.3, -0.25) is 14.8 Å². The first-order chi connectivity index (χ1) is 11.8. The molecule has 1 unspecified atom stereocenters. The number of ether oxygens (including phenoxy) is 1. The molecule has 0 saturated carbocycles. The predicted octanol–water partition coefficient (Wildman–Crippen LogP) is 2.92. The molecule has 0 spiro atoms. The molecular weight excluding hydrogens is 302 g/mol. The Kier molecular flexibility index (Phi) is 3.83. The number of para-hydroxylation sites is 1. The van der Waals surface area contributed by atoms with E-state index in [1.54, 1.807) is 30.7 Å². The molecule has 1 amide bonds. The van der Waals surface area contributed by atoms with Crippen LogP contribution in [0.5, 0.6) is 5.75 Å². The molecule has 0 aliphatic carbocycles. The average molecular weight is 319 g/mol. The molecule has 3 heterocycles. The molecule has 1 saturated heterocycles. The molecule has 5 heteroatoms. The van der Waals surface area contributed by atoms with Gasteiger partial charge in [0.15, 0.2) is 0 Å². The molecule has 1 aliphatic rings. The number of carbonyl (C=O) groups is 1. The number of likely N-dealkylation sites (tertiary alicyclic amines) is 1. The minimum atomic E-state index is -0.0107. The Bertz CT molecular complexity index is 861. The quantitative estimate of drug-likeness (QED) is 0.745. The first kappa shape index (κ1) is 14.6. The van der Waals surface area contributed by atoms with E-state index in [9.17, 15) is 4.79 Å². The monoisotopic (exact) mass is 319 g/mol. The van der Waals surface area contributed by atoms with Gasteiger partial charge in [-0.25, -0.2) is 0 Å². The van der Waals surface area contributed by atoms with Gasteiger partial charge in [0.05, 0.1) is 6.54 Å². The van der Waals surface area contributed by atoms with Crippen LogP contribution >= 0.6 is 0 Å². The highest BCUT2D eigenvalue weighted by Gasteiger charge is 2.28. The van der Waals surface area contributed by atoms with E-state index in [-0.39, 0.29) is 12.0 Å². The van der Waals surface area contributed by atoms with Gasteiger partial charge in [-0.1, -0.05) is 18.2 Å². The Morgan fingerprint density at radius 1 is 1.08 bits per heavy atom. The second-order valence-corrected chi connectivity index (χ2v) is 5.85. The van der Waals surface area contributed by atoms with Crippen LogP contribution < -0.4 is 4.74 Å². The SMILES string of the molecule is O=C(c1ccncc1)N1CCC(Oc2cccc3cccnc23)C1. The zero-order valence-electron chi connectivity index (χ0n) is 13.1. The topological polar surface area (TPSA) is 55.3 Å². The Morgan fingerprint density at radius 2 is 1.92 bits per heavy atom. The maximum absolute atomic E-state index is 12.5. The van der Waals surface area contributed by atoms with Crippen LogP contribution in [0.1, 0.15) is 16.8 Å². The van der Waals surface area contributed by atoms with Crippen LogP contribution in [0.3, 0.4) is 0 Å². The predicted molar refractivity (Wildman–Crippen MR) is 90.9 cm³/mol. The van der Waals surface area contributed by atoms with Crippen LogP contribution in [-0.2, 0) is 0 Å². The van der Waals surface area contributed by atoms with Crippen LogP contribution in [0.15, 0.2) is 61.1 Å². The van der Waals surface area contributed by atoms with Crippen molar-refractivity contribution in [3.05, 3.63) is 66.6 Å². The molecule has 0 N–H and O–H groups in total. The molecule has 0 radical (unpaired) electrons. The maximum Gasteiger partial charge on any atom is 0.254 e. The van der Waals surface area contributed by atoms with Crippen LogP contribution in [-0.4, -0.2) is 40.0 Å². The lowest BCUT2D eigenvalue weighted by Gasteiger charge is -2.17. The van der Waals surface area contributed by atoms with Crippen LogP contribution in [0.25, 0.3) is 10.9 Å². The van der Waals surface area contributed by atoms with Crippen molar-refractivity contribution in [2.75, 3.05) is 13.1 Å². The van der Waals surface area contributed by atoms with E-state index in [4.69, 9.17) is 4.74 Å². The van der Waals surface area contributed by atoms with Crippen LogP contribution in [0.4, 0.5) is 0 Å². The van der Waals surface area contributed by atoms with E-state index in [1.165, 1.54) is 0 Å². The molecule has 2 aromatic heterocycles. The number of benzene rings is 1. The number of carbonyl (C=O) groups excluding carboxylic acids is 1. The highest BCUT2D eigenvalue weighted by atomic mass is 16.5. The summed E-state index contributed by atoms with van der Waals surface area (Å²) in [4.78, 5) is 22.7. The van der Waals surface area contributed by atoms with Gasteiger partial charge in [-0.15, -0.1) is 0 Å². The van der Waals surface area contributed by atoms with Crippen molar-refractivity contribution in [2.45, 2.75) is 12.5 Å². The maximum atomic E-state index is 12.5. The van der Waals surface area contributed by atoms with E-state index in [0.717, 1.165) is 23.1 Å². The van der Waals surface area contributed by atoms with E-state index in [0.29, 0.717) is 18.7 Å². The highest BCUT2D eigenvalue weighted by Crippen LogP contribution is 2.26. The number of amides is 1. The van der Waals surface area contributed by atoms with E-state index >= 15 is 0 Å². The fourth-order valence-electron chi connectivity index (χ4n) is 3.04. The molecule has 24 heavy (non-hydrogen) atoms. The van der Waals surface area contributed by atoms with Crippen molar-refractivity contribution in [3.63, 3.8) is 0 Å². The van der Waals surface area contributed by atoms with Crippen LogP contribution in [0.2, 0.25) is 0 Å². The molecule has 0 bridgehead atoms. The van der Waals surface area contributed by atoms with E-state index < -0.39 is 0 Å². The van der Waals surface area contributed by atoms with E-state index in [1.807, 2.05) is 35.2 Å². The third-order valence-corrected chi connectivity index (χ3v) is 4.25. The number of fused-ring (bicyclic) bond motifs is 1. The second kappa shape index (κ2) is 6.28. The summed E-state index contributed by atoms with van der Waals surface area (Å²) in [6, 6.07) is 13.3.